The largest absolute Gasteiger partial charge is 0.300 e. The lowest BCUT2D eigenvalue weighted by Gasteiger charge is -1.97. The van der Waals surface area contributed by atoms with Crippen LogP contribution >= 0.6 is 22.7 Å². The molecule has 4 aromatic rings. The number of nitrogens with one attached hydrogen (secondary N) is 1. The Bertz CT molecular complexity index is 1210. The summed E-state index contributed by atoms with van der Waals surface area (Å²) in [6.45, 7) is 0. The average molecular weight is 404 g/mol. The molecule has 1 amide bonds. The van der Waals surface area contributed by atoms with Gasteiger partial charge in [-0.3, -0.25) is 10.1 Å². The molecule has 10 heteroatoms. The minimum Gasteiger partial charge on any atom is -0.300 e. The first-order chi connectivity index (χ1) is 12.4. The fourth-order valence-corrected chi connectivity index (χ4v) is 4.69. The Balaban J connectivity index is 1.58. The summed E-state index contributed by atoms with van der Waals surface area (Å²) in [5.74, 6) is -0.359. The fraction of sp³-hybridized carbons (Fsp3) is 0.0625. The van der Waals surface area contributed by atoms with Crippen molar-refractivity contribution >= 4 is 53.8 Å². The molecule has 26 heavy (non-hydrogen) atoms. The van der Waals surface area contributed by atoms with Crippen LogP contribution in [0.5, 0.6) is 0 Å². The molecule has 0 aliphatic carbocycles. The average Bonchev–Trinajstić information content (AvgIpc) is 3.32. The maximum absolute atomic E-state index is 12.4. The molecule has 3 heterocycles. The summed E-state index contributed by atoms with van der Waals surface area (Å²) in [6, 6.07) is 8.46. The number of carbonyl (C=O) groups excluding carboxylic acids is 1. The predicted octanol–water partition coefficient (Wildman–Crippen LogP) is 3.20. The second kappa shape index (κ2) is 6.31. The number of hydrogen-bond donors (Lipinski definition) is 1. The van der Waals surface area contributed by atoms with E-state index in [-0.39, 0.29) is 10.8 Å². The fourth-order valence-electron chi connectivity index (χ4n) is 2.30. The Morgan fingerprint density at radius 1 is 1.19 bits per heavy atom. The van der Waals surface area contributed by atoms with Crippen molar-refractivity contribution in [1.82, 2.24) is 14.5 Å². The highest BCUT2D eigenvalue weighted by molar-refractivity contribution is 7.90. The predicted molar refractivity (Wildman–Crippen MR) is 102 cm³/mol. The second-order valence-electron chi connectivity index (χ2n) is 5.48. The lowest BCUT2D eigenvalue weighted by atomic mass is 10.3. The number of aromatic nitrogens is 3. The van der Waals surface area contributed by atoms with Crippen LogP contribution in [0, 0.1) is 0 Å². The van der Waals surface area contributed by atoms with Crippen LogP contribution < -0.4 is 5.32 Å². The summed E-state index contributed by atoms with van der Waals surface area (Å²) >= 11 is 2.58. The van der Waals surface area contributed by atoms with Crippen molar-refractivity contribution in [3.05, 3.63) is 53.8 Å². The Kier molecular flexibility index (Phi) is 4.10. The third kappa shape index (κ3) is 3.26. The minimum absolute atomic E-state index is 0.224. The molecule has 0 unspecified atom stereocenters. The molecule has 0 fully saturated rings. The number of anilines is 1. The zero-order valence-corrected chi connectivity index (χ0v) is 15.9. The summed E-state index contributed by atoms with van der Waals surface area (Å²) in [5.41, 5.74) is 0.929. The van der Waals surface area contributed by atoms with Gasteiger partial charge in [-0.25, -0.2) is 18.4 Å². The number of rotatable bonds is 4. The van der Waals surface area contributed by atoms with Gasteiger partial charge in [0.25, 0.3) is 5.91 Å². The monoisotopic (exact) mass is 404 g/mol. The zero-order chi connectivity index (χ0) is 18.3. The standard InChI is InChI=1S/C16H12N4O3S3/c1-26(22,23)10-4-5-11-13(8-10)25-15(17-11)19-14(21)12-9-24-16(18-12)20-6-2-3-7-20/h2-9H,1H3,(H,17,19,21). The van der Waals surface area contributed by atoms with E-state index in [0.29, 0.717) is 26.2 Å². The molecular weight excluding hydrogens is 392 g/mol. The van der Waals surface area contributed by atoms with Crippen LogP contribution in [0.3, 0.4) is 0 Å². The molecule has 1 N–H and O–H groups in total. The summed E-state index contributed by atoms with van der Waals surface area (Å²) in [5, 5.41) is 5.49. The Morgan fingerprint density at radius 2 is 1.96 bits per heavy atom. The van der Waals surface area contributed by atoms with Gasteiger partial charge in [0, 0.05) is 24.0 Å². The lowest BCUT2D eigenvalue weighted by Crippen LogP contribution is -2.12. The minimum atomic E-state index is -3.29. The first-order valence-electron chi connectivity index (χ1n) is 7.41. The SMILES string of the molecule is CS(=O)(=O)c1ccc2nc(NC(=O)c3csc(-n4cccc4)n3)sc2c1. The molecule has 0 saturated heterocycles. The van der Waals surface area contributed by atoms with Crippen LogP contribution in [0.15, 0.2) is 53.0 Å². The van der Waals surface area contributed by atoms with Gasteiger partial charge in [0.15, 0.2) is 20.1 Å². The molecule has 3 aromatic heterocycles. The van der Waals surface area contributed by atoms with Gasteiger partial charge in [-0.05, 0) is 30.3 Å². The third-order valence-electron chi connectivity index (χ3n) is 3.56. The molecule has 0 saturated carbocycles. The summed E-state index contributed by atoms with van der Waals surface area (Å²) < 4.78 is 25.8. The van der Waals surface area contributed by atoms with Gasteiger partial charge in [-0.1, -0.05) is 11.3 Å². The van der Waals surface area contributed by atoms with Gasteiger partial charge in [-0.2, -0.15) is 0 Å². The Hall–Kier alpha value is -2.56. The van der Waals surface area contributed by atoms with Gasteiger partial charge in [-0.15, -0.1) is 11.3 Å². The number of thiazole rings is 2. The van der Waals surface area contributed by atoms with Crippen molar-refractivity contribution in [2.45, 2.75) is 4.90 Å². The van der Waals surface area contributed by atoms with Crippen molar-refractivity contribution in [3.63, 3.8) is 0 Å². The maximum Gasteiger partial charge on any atom is 0.276 e. The normalized spacial score (nSPS) is 11.7. The maximum atomic E-state index is 12.4. The summed E-state index contributed by atoms with van der Waals surface area (Å²) in [6.07, 6.45) is 4.86. The number of sulfone groups is 1. The highest BCUT2D eigenvalue weighted by Gasteiger charge is 2.15. The van der Waals surface area contributed by atoms with E-state index in [2.05, 4.69) is 15.3 Å². The molecule has 132 valence electrons. The molecule has 1 aromatic carbocycles. The molecular formula is C16H12N4O3S3. The van der Waals surface area contributed by atoms with E-state index in [1.165, 1.54) is 28.7 Å². The van der Waals surface area contributed by atoms with Crippen LogP contribution in [0.2, 0.25) is 0 Å². The number of amides is 1. The summed E-state index contributed by atoms with van der Waals surface area (Å²) in [4.78, 5) is 21.3. The van der Waals surface area contributed by atoms with Gasteiger partial charge in [0.05, 0.1) is 15.1 Å². The van der Waals surface area contributed by atoms with E-state index in [4.69, 9.17) is 0 Å². The van der Waals surface area contributed by atoms with E-state index in [0.717, 1.165) is 6.26 Å². The van der Waals surface area contributed by atoms with Crippen LogP contribution in [0.4, 0.5) is 5.13 Å². The zero-order valence-electron chi connectivity index (χ0n) is 13.4. The molecule has 0 aliphatic heterocycles. The lowest BCUT2D eigenvalue weighted by molar-refractivity contribution is 0.102. The smallest absolute Gasteiger partial charge is 0.276 e. The summed E-state index contributed by atoms with van der Waals surface area (Å²) in [7, 11) is -3.29. The number of fused-ring (bicyclic) bond motifs is 1. The second-order valence-corrected chi connectivity index (χ2v) is 9.36. The number of benzene rings is 1. The van der Waals surface area contributed by atoms with Crippen molar-refractivity contribution in [1.29, 1.82) is 0 Å². The van der Waals surface area contributed by atoms with E-state index in [1.54, 1.807) is 17.5 Å². The molecule has 0 bridgehead atoms. The molecule has 0 atom stereocenters. The topological polar surface area (TPSA) is 94.0 Å². The van der Waals surface area contributed by atoms with Crippen LogP contribution in [-0.2, 0) is 9.84 Å². The molecule has 0 aliphatic rings. The van der Waals surface area contributed by atoms with E-state index in [9.17, 15) is 13.2 Å². The van der Waals surface area contributed by atoms with Crippen LogP contribution in [0.1, 0.15) is 10.5 Å². The third-order valence-corrected chi connectivity index (χ3v) is 6.46. The Morgan fingerprint density at radius 3 is 2.69 bits per heavy atom. The highest BCUT2D eigenvalue weighted by atomic mass is 32.2. The molecule has 0 radical (unpaired) electrons. The van der Waals surface area contributed by atoms with Crippen molar-refractivity contribution in [2.75, 3.05) is 11.6 Å². The van der Waals surface area contributed by atoms with E-state index in [1.807, 2.05) is 29.1 Å². The van der Waals surface area contributed by atoms with Gasteiger partial charge in [0.1, 0.15) is 5.69 Å². The highest BCUT2D eigenvalue weighted by Crippen LogP contribution is 2.28. The molecule has 0 spiro atoms. The van der Waals surface area contributed by atoms with E-state index >= 15 is 0 Å². The van der Waals surface area contributed by atoms with Crippen LogP contribution in [0.25, 0.3) is 15.3 Å². The number of carbonyl (C=O) groups is 1. The van der Waals surface area contributed by atoms with Crippen LogP contribution in [-0.4, -0.2) is 35.1 Å². The van der Waals surface area contributed by atoms with Crippen molar-refractivity contribution < 1.29 is 13.2 Å². The number of nitrogens with zero attached hydrogens (tertiary/aromatic N) is 3. The van der Waals surface area contributed by atoms with Gasteiger partial charge >= 0.3 is 0 Å². The van der Waals surface area contributed by atoms with Crippen molar-refractivity contribution in [2.24, 2.45) is 0 Å². The molecule has 4 rings (SSSR count). The van der Waals surface area contributed by atoms with E-state index < -0.39 is 9.84 Å². The van der Waals surface area contributed by atoms with Crippen molar-refractivity contribution in [3.8, 4) is 5.13 Å². The first-order valence-corrected chi connectivity index (χ1v) is 11.0. The first kappa shape index (κ1) is 16.9. The van der Waals surface area contributed by atoms with Gasteiger partial charge in [0.2, 0.25) is 0 Å². The Labute approximate surface area is 156 Å². The number of hydrogen-bond acceptors (Lipinski definition) is 7. The molecule has 7 nitrogen and oxygen atoms in total. The van der Waals surface area contributed by atoms with Gasteiger partial charge < -0.3 is 4.57 Å². The quantitative estimate of drug-likeness (QED) is 0.564.